The molecule has 4 rings (SSSR count). The summed E-state index contributed by atoms with van der Waals surface area (Å²) in [7, 11) is 0. The fourth-order valence-electron chi connectivity index (χ4n) is 5.25. The zero-order valence-electron chi connectivity index (χ0n) is 19.2. The third kappa shape index (κ3) is 4.53. The van der Waals surface area contributed by atoms with Crippen molar-refractivity contribution in [2.24, 2.45) is 11.3 Å². The number of hydrogen-bond donors (Lipinski definition) is 1. The van der Waals surface area contributed by atoms with E-state index in [4.69, 9.17) is 0 Å². The number of aromatic carboxylic acids is 1. The molecule has 176 valence electrons. The van der Waals surface area contributed by atoms with E-state index in [1.807, 2.05) is 6.07 Å². The molecule has 1 aliphatic heterocycles. The van der Waals surface area contributed by atoms with Crippen molar-refractivity contribution in [3.8, 4) is 0 Å². The van der Waals surface area contributed by atoms with Crippen molar-refractivity contribution in [2.75, 3.05) is 4.90 Å². The van der Waals surface area contributed by atoms with Gasteiger partial charge in [0.2, 0.25) is 0 Å². The van der Waals surface area contributed by atoms with Crippen LogP contribution in [0.5, 0.6) is 0 Å². The number of benzene rings is 2. The molecule has 2 aliphatic rings. The average molecular weight is 458 g/mol. The van der Waals surface area contributed by atoms with Gasteiger partial charge in [-0.15, -0.1) is 0 Å². The van der Waals surface area contributed by atoms with Gasteiger partial charge in [-0.2, -0.15) is 13.2 Å². The van der Waals surface area contributed by atoms with Crippen molar-refractivity contribution in [1.82, 2.24) is 0 Å². The Morgan fingerprint density at radius 3 is 2.39 bits per heavy atom. The maximum atomic E-state index is 13.1. The van der Waals surface area contributed by atoms with Gasteiger partial charge < -0.3 is 10.0 Å². The lowest BCUT2D eigenvalue weighted by Gasteiger charge is -2.38. The van der Waals surface area contributed by atoms with Crippen LogP contribution in [0.1, 0.15) is 80.4 Å². The Morgan fingerprint density at radius 2 is 1.79 bits per heavy atom. The Kier molecular flexibility index (Phi) is 6.06. The highest BCUT2D eigenvalue weighted by Crippen LogP contribution is 2.52. The first-order valence-electron chi connectivity index (χ1n) is 11.5. The molecule has 2 atom stereocenters. The van der Waals surface area contributed by atoms with Crippen molar-refractivity contribution >= 4 is 11.7 Å². The highest BCUT2D eigenvalue weighted by atomic mass is 19.4. The summed E-state index contributed by atoms with van der Waals surface area (Å²) < 4.78 is 39.3. The molecule has 0 aromatic heterocycles. The predicted molar refractivity (Wildman–Crippen MR) is 123 cm³/mol. The number of carboxylic acid groups (broad SMARTS) is 1. The van der Waals surface area contributed by atoms with Crippen molar-refractivity contribution in [1.29, 1.82) is 0 Å². The number of allylic oxidation sites excluding steroid dienone is 1. The maximum absolute atomic E-state index is 13.1. The molecule has 0 saturated heterocycles. The van der Waals surface area contributed by atoms with Crippen LogP contribution < -0.4 is 4.90 Å². The maximum Gasteiger partial charge on any atom is 0.416 e. The lowest BCUT2D eigenvalue weighted by molar-refractivity contribution is -0.137. The first kappa shape index (κ1) is 23.4. The lowest BCUT2D eigenvalue weighted by atomic mass is 9.69. The molecule has 0 bridgehead atoms. The quantitative estimate of drug-likeness (QED) is 0.497. The van der Waals surface area contributed by atoms with E-state index in [-0.39, 0.29) is 17.0 Å². The minimum Gasteiger partial charge on any atom is -0.478 e. The largest absolute Gasteiger partial charge is 0.478 e. The fourth-order valence-corrected chi connectivity index (χ4v) is 5.25. The van der Waals surface area contributed by atoms with Crippen molar-refractivity contribution < 1.29 is 23.1 Å². The molecule has 0 amide bonds. The summed E-state index contributed by atoms with van der Waals surface area (Å²) in [5.41, 5.74) is 3.89. The predicted octanol–water partition coefficient (Wildman–Crippen LogP) is 7.85. The number of halogens is 3. The van der Waals surface area contributed by atoms with Gasteiger partial charge in [0.25, 0.3) is 0 Å². The summed E-state index contributed by atoms with van der Waals surface area (Å²) in [5, 5.41) is 9.49. The molecule has 0 spiro atoms. The summed E-state index contributed by atoms with van der Waals surface area (Å²) in [6.07, 6.45) is 0.371. The highest BCUT2D eigenvalue weighted by molar-refractivity contribution is 5.89. The number of anilines is 1. The number of alkyl halides is 3. The molecule has 2 aromatic rings. The van der Waals surface area contributed by atoms with Crippen LogP contribution in [0, 0.1) is 11.3 Å². The summed E-state index contributed by atoms with van der Waals surface area (Å²) in [5.74, 6) is -0.440. The van der Waals surface area contributed by atoms with E-state index in [9.17, 15) is 23.1 Å². The van der Waals surface area contributed by atoms with Crippen LogP contribution in [-0.4, -0.2) is 11.1 Å². The van der Waals surface area contributed by atoms with E-state index in [1.54, 1.807) is 30.3 Å². The van der Waals surface area contributed by atoms with Crippen LogP contribution in [0.4, 0.5) is 18.9 Å². The van der Waals surface area contributed by atoms with Crippen LogP contribution in [0.15, 0.2) is 59.8 Å². The van der Waals surface area contributed by atoms with Crippen molar-refractivity contribution in [3.63, 3.8) is 0 Å². The van der Waals surface area contributed by atoms with Crippen LogP contribution >= 0.6 is 0 Å². The molecule has 1 heterocycles. The molecule has 0 fully saturated rings. The zero-order valence-corrected chi connectivity index (χ0v) is 19.2. The zero-order chi connectivity index (χ0) is 24.0. The number of carbonyl (C=O) groups is 1. The molecule has 1 aliphatic carbocycles. The number of nitrogens with zero attached hydrogens (tertiary/aromatic N) is 1. The van der Waals surface area contributed by atoms with Gasteiger partial charge in [0.15, 0.2) is 0 Å². The van der Waals surface area contributed by atoms with Gasteiger partial charge in [-0.05, 0) is 78.5 Å². The highest BCUT2D eigenvalue weighted by Gasteiger charge is 2.40. The van der Waals surface area contributed by atoms with E-state index in [2.05, 4.69) is 25.7 Å². The van der Waals surface area contributed by atoms with Crippen LogP contribution in [0.2, 0.25) is 0 Å². The van der Waals surface area contributed by atoms with Crippen LogP contribution in [0.3, 0.4) is 0 Å². The molecule has 33 heavy (non-hydrogen) atoms. The summed E-state index contributed by atoms with van der Waals surface area (Å²) in [4.78, 5) is 13.7. The van der Waals surface area contributed by atoms with Gasteiger partial charge in [-0.3, -0.25) is 0 Å². The Bertz CT molecular complexity index is 1070. The van der Waals surface area contributed by atoms with E-state index < -0.39 is 17.7 Å². The monoisotopic (exact) mass is 457 g/mol. The average Bonchev–Trinajstić information content (AvgIpc) is 3.17. The standard InChI is InChI=1S/C27H30F3NO2/c1-4-26(2,3)21-12-13-23-19(14-21)16-24(17-8-10-20(11-9-17)27(28,29)30)31(23)22-7-5-6-18(15-22)25(32)33/h5-11,15,21,24H,4,12-14,16H2,1-3H3,(H,32,33). The van der Waals surface area contributed by atoms with E-state index >= 15 is 0 Å². The Hall–Kier alpha value is -2.76. The topological polar surface area (TPSA) is 40.5 Å². The minimum absolute atomic E-state index is 0.148. The van der Waals surface area contributed by atoms with Gasteiger partial charge in [0, 0.05) is 11.4 Å². The van der Waals surface area contributed by atoms with Gasteiger partial charge >= 0.3 is 12.1 Å². The first-order chi connectivity index (χ1) is 15.5. The molecular weight excluding hydrogens is 427 g/mol. The molecular formula is C27H30F3NO2. The molecule has 0 saturated carbocycles. The second-order valence-electron chi connectivity index (χ2n) is 9.90. The Morgan fingerprint density at radius 1 is 1.09 bits per heavy atom. The fraction of sp³-hybridized carbons (Fsp3) is 0.444. The van der Waals surface area contributed by atoms with Gasteiger partial charge in [0.1, 0.15) is 0 Å². The summed E-state index contributed by atoms with van der Waals surface area (Å²) in [6.45, 7) is 6.83. The number of rotatable bonds is 5. The van der Waals surface area contributed by atoms with Gasteiger partial charge in [-0.25, -0.2) is 4.79 Å². The third-order valence-electron chi connectivity index (χ3n) is 7.68. The second kappa shape index (κ2) is 8.54. The van der Waals surface area contributed by atoms with Crippen molar-refractivity contribution in [2.45, 2.75) is 65.1 Å². The lowest BCUT2D eigenvalue weighted by Crippen LogP contribution is -2.28. The molecule has 2 unspecified atom stereocenters. The molecule has 1 N–H and O–H groups in total. The van der Waals surface area contributed by atoms with E-state index in [1.165, 1.54) is 11.3 Å². The van der Waals surface area contributed by atoms with E-state index in [0.717, 1.165) is 55.5 Å². The van der Waals surface area contributed by atoms with Gasteiger partial charge in [-0.1, -0.05) is 45.4 Å². The number of carboxylic acids is 1. The second-order valence-corrected chi connectivity index (χ2v) is 9.90. The van der Waals surface area contributed by atoms with Crippen LogP contribution in [0.25, 0.3) is 0 Å². The van der Waals surface area contributed by atoms with Crippen LogP contribution in [-0.2, 0) is 6.18 Å². The third-order valence-corrected chi connectivity index (χ3v) is 7.68. The number of hydrogen-bond acceptors (Lipinski definition) is 2. The summed E-state index contributed by atoms with van der Waals surface area (Å²) in [6, 6.07) is 12.1. The normalized spacial score (nSPS) is 21.3. The molecule has 2 aromatic carbocycles. The van der Waals surface area contributed by atoms with E-state index in [0.29, 0.717) is 5.92 Å². The molecule has 3 nitrogen and oxygen atoms in total. The van der Waals surface area contributed by atoms with Crippen molar-refractivity contribution in [3.05, 3.63) is 76.5 Å². The minimum atomic E-state index is -4.37. The Labute approximate surface area is 192 Å². The smallest absolute Gasteiger partial charge is 0.416 e. The SMILES string of the molecule is CCC(C)(C)C1CCC2=C(CC(c3ccc(C(F)(F)F)cc3)N2c2cccc(C(=O)O)c2)C1. The molecule has 0 radical (unpaired) electrons. The first-order valence-corrected chi connectivity index (χ1v) is 11.5. The van der Waals surface area contributed by atoms with Gasteiger partial charge in [0.05, 0.1) is 17.2 Å². The Balaban J connectivity index is 1.74. The molecule has 6 heteroatoms. The summed E-state index contributed by atoms with van der Waals surface area (Å²) >= 11 is 0.